The lowest BCUT2D eigenvalue weighted by molar-refractivity contribution is -0.140. The van der Waals surface area contributed by atoms with Gasteiger partial charge in [0.15, 0.2) is 5.96 Å². The first-order valence-corrected chi connectivity index (χ1v) is 14.6. The summed E-state index contributed by atoms with van der Waals surface area (Å²) in [4.78, 5) is 79.1. The van der Waals surface area contributed by atoms with Crippen LogP contribution in [-0.2, 0) is 41.6 Å². The van der Waals surface area contributed by atoms with Crippen LogP contribution in [0.2, 0.25) is 0 Å². The van der Waals surface area contributed by atoms with E-state index in [1.54, 1.807) is 0 Å². The van der Waals surface area contributed by atoms with Crippen molar-refractivity contribution in [2.24, 2.45) is 27.9 Å². The van der Waals surface area contributed by atoms with Gasteiger partial charge in [-0.25, -0.2) is 8.78 Å². The van der Waals surface area contributed by atoms with Crippen LogP contribution >= 0.6 is 0 Å². The molecule has 18 heteroatoms. The molecule has 0 aliphatic carbocycles. The lowest BCUT2D eigenvalue weighted by Gasteiger charge is -2.26. The second-order valence-electron chi connectivity index (χ2n) is 10.7. The topological polar surface area (TPSA) is 287 Å². The van der Waals surface area contributed by atoms with E-state index in [0.717, 1.165) is 24.3 Å². The van der Waals surface area contributed by atoms with Crippen molar-refractivity contribution in [1.29, 1.82) is 0 Å². The van der Waals surface area contributed by atoms with Gasteiger partial charge in [0.1, 0.15) is 29.8 Å². The summed E-state index contributed by atoms with van der Waals surface area (Å²) >= 11 is 0. The van der Waals surface area contributed by atoms with E-state index >= 15 is 0 Å². The van der Waals surface area contributed by atoms with Crippen LogP contribution in [0.25, 0.3) is 0 Å². The van der Waals surface area contributed by atoms with Crippen LogP contribution in [0.1, 0.15) is 30.4 Å². The summed E-state index contributed by atoms with van der Waals surface area (Å²) in [6.45, 7) is -0.484. The molecule has 260 valence electrons. The molecule has 0 bridgehead atoms. The third kappa shape index (κ3) is 14.2. The summed E-state index contributed by atoms with van der Waals surface area (Å²) in [5, 5.41) is 18.7. The average molecular weight is 676 g/mol. The van der Waals surface area contributed by atoms with Crippen molar-refractivity contribution in [3.63, 3.8) is 0 Å². The van der Waals surface area contributed by atoms with E-state index < -0.39 is 84.3 Å². The molecule has 2 aromatic carbocycles. The number of benzene rings is 2. The lowest BCUT2D eigenvalue weighted by atomic mass is 10.0. The van der Waals surface area contributed by atoms with Crippen molar-refractivity contribution >= 4 is 41.5 Å². The standard InChI is InChI=1S/C30H39F2N9O7/c31-18-7-3-16(4-8-18)12-22(27(46)38-15-24(34)42)41-28(47)21(2-1-11-37-30(35)36)39-29(48)23(13-17-5-9-19(32)10-6-17)40-26(45)20(33)14-25(43)44/h3-10,20-23H,1-2,11-15,33H2,(H2,34,42)(H,38,46)(H,39,48)(H,40,45)(H,41,47)(H,43,44)(H4,35,36,37)/t20-,21-,22-,23-/m0/s1. The first-order valence-electron chi connectivity index (χ1n) is 14.6. The van der Waals surface area contributed by atoms with Gasteiger partial charge in [-0.2, -0.15) is 0 Å². The van der Waals surface area contributed by atoms with E-state index in [1.165, 1.54) is 24.3 Å². The van der Waals surface area contributed by atoms with Gasteiger partial charge in [0.05, 0.1) is 19.0 Å². The van der Waals surface area contributed by atoms with Crippen LogP contribution in [0.5, 0.6) is 0 Å². The number of nitrogens with two attached hydrogens (primary N) is 4. The van der Waals surface area contributed by atoms with Crippen LogP contribution < -0.4 is 44.2 Å². The normalized spacial score (nSPS) is 13.1. The maximum absolute atomic E-state index is 13.6. The maximum Gasteiger partial charge on any atom is 0.305 e. The van der Waals surface area contributed by atoms with E-state index in [1.807, 2.05) is 0 Å². The zero-order valence-corrected chi connectivity index (χ0v) is 25.8. The van der Waals surface area contributed by atoms with Gasteiger partial charge < -0.3 is 49.3 Å². The Labute approximate surface area is 274 Å². The Hall–Kier alpha value is -5.65. The Morgan fingerprint density at radius 3 is 1.65 bits per heavy atom. The first-order chi connectivity index (χ1) is 22.6. The van der Waals surface area contributed by atoms with Crippen LogP contribution in [0.15, 0.2) is 53.5 Å². The predicted octanol–water partition coefficient (Wildman–Crippen LogP) is -2.34. The number of rotatable bonds is 19. The molecule has 0 unspecified atom stereocenters. The van der Waals surface area contributed by atoms with E-state index in [0.29, 0.717) is 11.1 Å². The summed E-state index contributed by atoms with van der Waals surface area (Å²) in [5.74, 6) is -7.04. The second kappa shape index (κ2) is 19.1. The molecule has 5 amide bonds. The highest BCUT2D eigenvalue weighted by Crippen LogP contribution is 2.10. The van der Waals surface area contributed by atoms with Gasteiger partial charge in [-0.1, -0.05) is 24.3 Å². The molecule has 0 spiro atoms. The number of halogens is 2. The molecule has 2 aromatic rings. The fourth-order valence-corrected chi connectivity index (χ4v) is 4.30. The molecule has 48 heavy (non-hydrogen) atoms. The van der Waals surface area contributed by atoms with Gasteiger partial charge in [0.25, 0.3) is 0 Å². The SMILES string of the molecule is NC(=O)CNC(=O)[C@H](Cc1ccc(F)cc1)NC(=O)[C@H](CCCN=C(N)N)NC(=O)[C@H](Cc1ccc(F)cc1)NC(=O)[C@@H](N)CC(=O)O. The smallest absolute Gasteiger partial charge is 0.305 e. The second-order valence-corrected chi connectivity index (χ2v) is 10.7. The summed E-state index contributed by atoms with van der Waals surface area (Å²) in [5.41, 5.74) is 22.4. The zero-order valence-electron chi connectivity index (χ0n) is 25.8. The van der Waals surface area contributed by atoms with Crippen LogP contribution in [0.4, 0.5) is 8.78 Å². The summed E-state index contributed by atoms with van der Waals surface area (Å²) < 4.78 is 27.0. The van der Waals surface area contributed by atoms with E-state index in [-0.39, 0.29) is 38.2 Å². The van der Waals surface area contributed by atoms with Crippen molar-refractivity contribution in [3.05, 3.63) is 71.3 Å². The number of carbonyl (C=O) groups is 6. The van der Waals surface area contributed by atoms with E-state index in [4.69, 9.17) is 28.0 Å². The number of primary amides is 1. The monoisotopic (exact) mass is 675 g/mol. The van der Waals surface area contributed by atoms with E-state index in [9.17, 15) is 37.5 Å². The molecule has 2 rings (SSSR count). The van der Waals surface area contributed by atoms with Gasteiger partial charge >= 0.3 is 5.97 Å². The molecule has 0 saturated carbocycles. The molecule has 0 aliphatic rings. The van der Waals surface area contributed by atoms with Crippen LogP contribution in [0.3, 0.4) is 0 Å². The van der Waals surface area contributed by atoms with Gasteiger partial charge in [0, 0.05) is 19.4 Å². The minimum absolute atomic E-state index is 0.0554. The number of nitrogens with zero attached hydrogens (tertiary/aromatic N) is 1. The Kier molecular flexibility index (Phi) is 15.3. The fraction of sp³-hybridized carbons (Fsp3) is 0.367. The molecule has 0 aromatic heterocycles. The Bertz CT molecular complexity index is 1470. The fourth-order valence-electron chi connectivity index (χ4n) is 4.30. The highest BCUT2D eigenvalue weighted by molar-refractivity contribution is 5.96. The summed E-state index contributed by atoms with van der Waals surface area (Å²) in [6.07, 6.45) is -1.000. The highest BCUT2D eigenvalue weighted by atomic mass is 19.1. The molecular formula is C30H39F2N9O7. The number of carboxylic acids is 1. The van der Waals surface area contributed by atoms with Crippen molar-refractivity contribution < 1.29 is 42.7 Å². The number of nitrogens with one attached hydrogen (secondary N) is 4. The molecule has 16 nitrogen and oxygen atoms in total. The largest absolute Gasteiger partial charge is 0.481 e. The number of hydrogen-bond acceptors (Lipinski definition) is 8. The Morgan fingerprint density at radius 2 is 1.17 bits per heavy atom. The highest BCUT2D eigenvalue weighted by Gasteiger charge is 2.31. The molecule has 0 radical (unpaired) electrons. The van der Waals surface area contributed by atoms with Gasteiger partial charge in [-0.05, 0) is 48.2 Å². The van der Waals surface area contributed by atoms with Crippen molar-refractivity contribution in [2.45, 2.75) is 56.3 Å². The van der Waals surface area contributed by atoms with Crippen LogP contribution in [-0.4, -0.2) is 83.8 Å². The number of guanidine groups is 1. The number of hydrogen-bond donors (Lipinski definition) is 9. The van der Waals surface area contributed by atoms with Gasteiger partial charge in [-0.3, -0.25) is 33.8 Å². The van der Waals surface area contributed by atoms with Gasteiger partial charge in [0.2, 0.25) is 29.5 Å². The molecule has 0 heterocycles. The van der Waals surface area contributed by atoms with Crippen molar-refractivity contribution in [3.8, 4) is 0 Å². The van der Waals surface area contributed by atoms with Crippen molar-refractivity contribution in [1.82, 2.24) is 21.3 Å². The molecule has 0 aliphatic heterocycles. The minimum atomic E-state index is -1.52. The summed E-state index contributed by atoms with van der Waals surface area (Å²) in [6, 6.07) is 4.48. The lowest BCUT2D eigenvalue weighted by Crippen LogP contribution is -2.58. The maximum atomic E-state index is 13.6. The van der Waals surface area contributed by atoms with E-state index in [2.05, 4.69) is 26.3 Å². The number of carboxylic acid groups (broad SMARTS) is 1. The minimum Gasteiger partial charge on any atom is -0.481 e. The third-order valence-corrected chi connectivity index (χ3v) is 6.72. The quantitative estimate of drug-likeness (QED) is 0.0434. The van der Waals surface area contributed by atoms with Crippen molar-refractivity contribution in [2.75, 3.05) is 13.1 Å². The Morgan fingerprint density at radius 1 is 0.708 bits per heavy atom. The molecule has 0 fully saturated rings. The number of aliphatic carboxylic acids is 1. The summed E-state index contributed by atoms with van der Waals surface area (Å²) in [7, 11) is 0. The molecule has 4 atom stereocenters. The molecule has 0 saturated heterocycles. The average Bonchev–Trinajstić information content (AvgIpc) is 3.01. The van der Waals surface area contributed by atoms with Gasteiger partial charge in [-0.15, -0.1) is 0 Å². The Balaban J connectivity index is 2.36. The number of carbonyl (C=O) groups excluding carboxylic acids is 5. The molecular weight excluding hydrogens is 636 g/mol. The number of amides is 5. The first kappa shape index (κ1) is 38.5. The zero-order chi connectivity index (χ0) is 35.8. The predicted molar refractivity (Wildman–Crippen MR) is 168 cm³/mol. The molecule has 13 N–H and O–H groups in total. The van der Waals surface area contributed by atoms with Crippen LogP contribution in [0, 0.1) is 11.6 Å². The number of aliphatic imine (C=N–C) groups is 1. The third-order valence-electron chi connectivity index (χ3n) is 6.72.